The van der Waals surface area contributed by atoms with Gasteiger partial charge in [0.25, 0.3) is 0 Å². The molecule has 0 bridgehead atoms. The van der Waals surface area contributed by atoms with E-state index in [1.54, 1.807) is 0 Å². The summed E-state index contributed by atoms with van der Waals surface area (Å²) in [4.78, 5) is 6.95. The number of rotatable bonds is 3. The summed E-state index contributed by atoms with van der Waals surface area (Å²) in [6.45, 7) is 8.13. The van der Waals surface area contributed by atoms with E-state index in [0.717, 1.165) is 50.9 Å². The summed E-state index contributed by atoms with van der Waals surface area (Å²) in [7, 11) is 0. The van der Waals surface area contributed by atoms with E-state index >= 15 is 0 Å². The molecule has 2 N–H and O–H groups in total. The summed E-state index contributed by atoms with van der Waals surface area (Å²) in [5.74, 6) is 2.21. The third-order valence-electron chi connectivity index (χ3n) is 4.11. The standard InChI is InChI=1S/C13H23N5O/c1-3-11-10(4-7-19-11)12-15-13(17-16-12)18-6-5-14-9(2)8-18/h9-11,14H,3-8H2,1-2H3,(H,15,16,17). The van der Waals surface area contributed by atoms with Crippen LogP contribution in [0.3, 0.4) is 0 Å². The summed E-state index contributed by atoms with van der Waals surface area (Å²) >= 11 is 0. The summed E-state index contributed by atoms with van der Waals surface area (Å²) in [5.41, 5.74) is 0. The minimum atomic E-state index is 0.294. The Kier molecular flexibility index (Phi) is 3.70. The van der Waals surface area contributed by atoms with E-state index in [2.05, 4.69) is 34.3 Å². The SMILES string of the molecule is CCC1OCCC1c1nc(N2CCNC(C)C2)n[nH]1. The number of H-pyrrole nitrogens is 1. The van der Waals surface area contributed by atoms with Gasteiger partial charge in [0.05, 0.1) is 6.10 Å². The minimum Gasteiger partial charge on any atom is -0.377 e. The maximum Gasteiger partial charge on any atom is 0.244 e. The lowest BCUT2D eigenvalue weighted by Gasteiger charge is -2.30. The second-order valence-electron chi connectivity index (χ2n) is 5.53. The molecule has 2 fully saturated rings. The van der Waals surface area contributed by atoms with Crippen molar-refractivity contribution in [1.29, 1.82) is 0 Å². The van der Waals surface area contributed by atoms with Crippen LogP contribution in [0.5, 0.6) is 0 Å². The van der Waals surface area contributed by atoms with Crippen molar-refractivity contribution in [2.24, 2.45) is 0 Å². The Labute approximate surface area is 113 Å². The van der Waals surface area contributed by atoms with Gasteiger partial charge in [-0.15, -0.1) is 5.10 Å². The van der Waals surface area contributed by atoms with Crippen molar-refractivity contribution < 1.29 is 4.74 Å². The van der Waals surface area contributed by atoms with E-state index < -0.39 is 0 Å². The van der Waals surface area contributed by atoms with E-state index in [4.69, 9.17) is 9.72 Å². The number of nitrogens with one attached hydrogen (secondary N) is 2. The van der Waals surface area contributed by atoms with Crippen LogP contribution in [-0.2, 0) is 4.74 Å². The molecule has 6 heteroatoms. The highest BCUT2D eigenvalue weighted by atomic mass is 16.5. The second kappa shape index (κ2) is 5.46. The summed E-state index contributed by atoms with van der Waals surface area (Å²) in [5, 5.41) is 10.9. The zero-order valence-corrected chi connectivity index (χ0v) is 11.7. The molecule has 0 aromatic carbocycles. The third-order valence-corrected chi connectivity index (χ3v) is 4.11. The van der Waals surface area contributed by atoms with E-state index in [-0.39, 0.29) is 0 Å². The van der Waals surface area contributed by atoms with Crippen LogP contribution in [0.1, 0.15) is 38.4 Å². The molecule has 1 aromatic rings. The molecule has 3 heterocycles. The molecular formula is C13H23N5O. The maximum atomic E-state index is 5.73. The number of aromatic nitrogens is 3. The average molecular weight is 265 g/mol. The van der Waals surface area contributed by atoms with Crippen molar-refractivity contribution in [3.63, 3.8) is 0 Å². The number of nitrogens with zero attached hydrogens (tertiary/aromatic N) is 3. The molecule has 0 spiro atoms. The van der Waals surface area contributed by atoms with Crippen molar-refractivity contribution in [3.8, 4) is 0 Å². The van der Waals surface area contributed by atoms with Crippen LogP contribution < -0.4 is 10.2 Å². The molecule has 6 nitrogen and oxygen atoms in total. The Morgan fingerprint density at radius 3 is 3.16 bits per heavy atom. The Bertz CT molecular complexity index is 421. The first-order chi connectivity index (χ1) is 9.28. The number of hydrogen-bond acceptors (Lipinski definition) is 5. The number of aromatic amines is 1. The van der Waals surface area contributed by atoms with Gasteiger partial charge in [0.2, 0.25) is 5.95 Å². The van der Waals surface area contributed by atoms with Gasteiger partial charge in [0.15, 0.2) is 0 Å². The quantitative estimate of drug-likeness (QED) is 0.849. The molecule has 3 unspecified atom stereocenters. The van der Waals surface area contributed by atoms with Gasteiger partial charge in [-0.1, -0.05) is 6.92 Å². The molecule has 2 aliphatic rings. The minimum absolute atomic E-state index is 0.294. The normalized spacial score (nSPS) is 31.9. The maximum absolute atomic E-state index is 5.73. The second-order valence-corrected chi connectivity index (χ2v) is 5.53. The van der Waals surface area contributed by atoms with Crippen molar-refractivity contribution in [1.82, 2.24) is 20.5 Å². The molecule has 0 amide bonds. The highest BCUT2D eigenvalue weighted by Gasteiger charge is 2.31. The number of anilines is 1. The predicted molar refractivity (Wildman–Crippen MR) is 73.4 cm³/mol. The zero-order chi connectivity index (χ0) is 13.2. The molecular weight excluding hydrogens is 242 g/mol. The van der Waals surface area contributed by atoms with E-state index in [1.807, 2.05) is 0 Å². The Morgan fingerprint density at radius 2 is 2.37 bits per heavy atom. The van der Waals surface area contributed by atoms with Gasteiger partial charge in [-0.05, 0) is 19.8 Å². The fourth-order valence-electron chi connectivity index (χ4n) is 3.05. The molecule has 106 valence electrons. The first-order valence-corrected chi connectivity index (χ1v) is 7.30. The fraction of sp³-hybridized carbons (Fsp3) is 0.846. The first-order valence-electron chi connectivity index (χ1n) is 7.30. The lowest BCUT2D eigenvalue weighted by atomic mass is 9.99. The Balaban J connectivity index is 1.72. The van der Waals surface area contributed by atoms with Gasteiger partial charge in [-0.2, -0.15) is 4.98 Å². The topological polar surface area (TPSA) is 66.1 Å². The molecule has 2 saturated heterocycles. The summed E-state index contributed by atoms with van der Waals surface area (Å²) in [6.07, 6.45) is 2.37. The van der Waals surface area contributed by atoms with Gasteiger partial charge in [-0.25, -0.2) is 0 Å². The van der Waals surface area contributed by atoms with Crippen LogP contribution in [0.2, 0.25) is 0 Å². The van der Waals surface area contributed by atoms with Gasteiger partial charge in [-0.3, -0.25) is 5.10 Å². The highest BCUT2D eigenvalue weighted by molar-refractivity contribution is 5.31. The van der Waals surface area contributed by atoms with Crippen LogP contribution >= 0.6 is 0 Å². The summed E-state index contributed by atoms with van der Waals surface area (Å²) < 4.78 is 5.73. The Hall–Kier alpha value is -1.14. The third kappa shape index (κ3) is 2.60. The molecule has 3 atom stereocenters. The molecule has 3 rings (SSSR count). The highest BCUT2D eigenvalue weighted by Crippen LogP contribution is 2.31. The summed E-state index contributed by atoms with van der Waals surface area (Å²) in [6, 6.07) is 0.494. The zero-order valence-electron chi connectivity index (χ0n) is 11.7. The van der Waals surface area contributed by atoms with Crippen molar-refractivity contribution >= 4 is 5.95 Å². The largest absolute Gasteiger partial charge is 0.377 e. The van der Waals surface area contributed by atoms with Gasteiger partial charge < -0.3 is 15.0 Å². The predicted octanol–water partition coefficient (Wildman–Crippen LogP) is 0.885. The van der Waals surface area contributed by atoms with E-state index in [0.29, 0.717) is 18.1 Å². The molecule has 1 aromatic heterocycles. The van der Waals surface area contributed by atoms with Crippen molar-refractivity contribution in [2.75, 3.05) is 31.1 Å². The lowest BCUT2D eigenvalue weighted by Crippen LogP contribution is -2.49. The smallest absolute Gasteiger partial charge is 0.244 e. The lowest BCUT2D eigenvalue weighted by molar-refractivity contribution is 0.0994. The van der Waals surface area contributed by atoms with Crippen LogP contribution in [0, 0.1) is 0 Å². The van der Waals surface area contributed by atoms with Crippen molar-refractivity contribution in [3.05, 3.63) is 5.82 Å². The monoisotopic (exact) mass is 265 g/mol. The number of hydrogen-bond donors (Lipinski definition) is 2. The molecule has 0 aliphatic carbocycles. The van der Waals surface area contributed by atoms with E-state index in [1.165, 1.54) is 0 Å². The molecule has 0 saturated carbocycles. The van der Waals surface area contributed by atoms with Crippen LogP contribution in [-0.4, -0.2) is 53.6 Å². The fourth-order valence-corrected chi connectivity index (χ4v) is 3.05. The number of piperazine rings is 1. The first kappa shape index (κ1) is 12.9. The Morgan fingerprint density at radius 1 is 1.47 bits per heavy atom. The van der Waals surface area contributed by atoms with Crippen LogP contribution in [0.25, 0.3) is 0 Å². The number of ether oxygens (including phenoxy) is 1. The van der Waals surface area contributed by atoms with Crippen LogP contribution in [0.15, 0.2) is 0 Å². The van der Waals surface area contributed by atoms with Gasteiger partial charge in [0.1, 0.15) is 5.82 Å². The average Bonchev–Trinajstić information content (AvgIpc) is 3.07. The van der Waals surface area contributed by atoms with Crippen LogP contribution in [0.4, 0.5) is 5.95 Å². The molecule has 19 heavy (non-hydrogen) atoms. The van der Waals surface area contributed by atoms with Crippen molar-refractivity contribution in [2.45, 2.75) is 44.8 Å². The van der Waals surface area contributed by atoms with Gasteiger partial charge in [0, 0.05) is 38.2 Å². The molecule has 2 aliphatic heterocycles. The molecule has 0 radical (unpaired) electrons. The van der Waals surface area contributed by atoms with E-state index in [9.17, 15) is 0 Å². The van der Waals surface area contributed by atoms with Gasteiger partial charge >= 0.3 is 0 Å².